The Balaban J connectivity index is 1.63. The summed E-state index contributed by atoms with van der Waals surface area (Å²) < 4.78 is 0. The van der Waals surface area contributed by atoms with Crippen LogP contribution in [0.5, 0.6) is 0 Å². The molecule has 0 spiro atoms. The van der Waals surface area contributed by atoms with Crippen molar-refractivity contribution >= 4 is 17.6 Å². The molecule has 0 saturated heterocycles. The van der Waals surface area contributed by atoms with Gasteiger partial charge in [0, 0.05) is 24.8 Å². The monoisotopic (exact) mass is 501 g/mol. The molecule has 0 aliphatic rings. The summed E-state index contributed by atoms with van der Waals surface area (Å²) in [6.45, 7) is 1.46. The number of carbonyl (C=O) groups excluding carboxylic acids is 2. The fraction of sp³-hybridized carbons (Fsp3) is 0.333. The van der Waals surface area contributed by atoms with Crippen LogP contribution in [0.3, 0.4) is 0 Å². The molecule has 3 rings (SSSR count). The van der Waals surface area contributed by atoms with Crippen LogP contribution in [0.4, 0.5) is 10.5 Å². The van der Waals surface area contributed by atoms with Crippen LogP contribution in [0.1, 0.15) is 36.8 Å². The second-order valence-electron chi connectivity index (χ2n) is 9.13. The van der Waals surface area contributed by atoms with Crippen molar-refractivity contribution in [2.24, 2.45) is 5.73 Å². The Bertz CT molecular complexity index is 1050. The van der Waals surface area contributed by atoms with Gasteiger partial charge in [-0.25, -0.2) is 4.79 Å². The minimum Gasteiger partial charge on any atom is -0.351 e. The molecule has 3 aromatic carbocycles. The third-order valence-corrected chi connectivity index (χ3v) is 6.17. The summed E-state index contributed by atoms with van der Waals surface area (Å²) in [4.78, 5) is 25.7. The normalized spacial score (nSPS) is 12.4. The number of nitrogens with one attached hydrogen (secondary N) is 4. The third kappa shape index (κ3) is 10.9. The van der Waals surface area contributed by atoms with Crippen LogP contribution in [0, 0.1) is 0 Å². The summed E-state index contributed by atoms with van der Waals surface area (Å²) in [6.07, 6.45) is 3.99. The van der Waals surface area contributed by atoms with E-state index >= 15 is 0 Å². The summed E-state index contributed by atoms with van der Waals surface area (Å²) in [5.74, 6) is -0.0423. The van der Waals surface area contributed by atoms with Crippen LogP contribution >= 0.6 is 0 Å². The predicted molar refractivity (Wildman–Crippen MR) is 150 cm³/mol. The van der Waals surface area contributed by atoms with E-state index in [0.717, 1.165) is 36.9 Å². The quantitative estimate of drug-likeness (QED) is 0.201. The first kappa shape index (κ1) is 27.9. The van der Waals surface area contributed by atoms with Gasteiger partial charge in [0.25, 0.3) is 0 Å². The van der Waals surface area contributed by atoms with Gasteiger partial charge in [-0.2, -0.15) is 0 Å². The molecule has 0 radical (unpaired) electrons. The lowest BCUT2D eigenvalue weighted by Gasteiger charge is -2.26. The van der Waals surface area contributed by atoms with E-state index in [1.807, 2.05) is 78.9 Å². The summed E-state index contributed by atoms with van der Waals surface area (Å²) >= 11 is 0. The number of amides is 3. The van der Waals surface area contributed by atoms with Crippen molar-refractivity contribution in [2.75, 3.05) is 18.4 Å². The molecular formula is C30H39N5O2. The van der Waals surface area contributed by atoms with Crippen molar-refractivity contribution in [3.63, 3.8) is 0 Å². The number of nitrogens with two attached hydrogens (primary N) is 1. The van der Waals surface area contributed by atoms with Crippen LogP contribution in [0.15, 0.2) is 91.0 Å². The molecule has 6 N–H and O–H groups in total. The van der Waals surface area contributed by atoms with Crippen LogP contribution in [0.25, 0.3) is 0 Å². The zero-order chi connectivity index (χ0) is 26.1. The number of unbranched alkanes of at least 4 members (excludes halogenated alkanes) is 1. The zero-order valence-corrected chi connectivity index (χ0v) is 21.4. The lowest BCUT2D eigenvalue weighted by molar-refractivity contribution is -0.123. The van der Waals surface area contributed by atoms with Crippen LogP contribution < -0.4 is 27.0 Å². The fourth-order valence-electron chi connectivity index (χ4n) is 4.12. The predicted octanol–water partition coefficient (Wildman–Crippen LogP) is 4.21. The second-order valence-corrected chi connectivity index (χ2v) is 9.13. The molecule has 3 amide bonds. The van der Waals surface area contributed by atoms with E-state index in [9.17, 15) is 9.59 Å². The van der Waals surface area contributed by atoms with Gasteiger partial charge in [0.2, 0.25) is 5.91 Å². The molecule has 0 bridgehead atoms. The summed E-state index contributed by atoms with van der Waals surface area (Å²) in [5, 5.41) is 12.4. The van der Waals surface area contributed by atoms with E-state index < -0.39 is 0 Å². The molecule has 3 aromatic rings. The Morgan fingerprint density at radius 1 is 0.730 bits per heavy atom. The molecule has 1 unspecified atom stereocenters. The first-order valence-electron chi connectivity index (χ1n) is 13.1. The van der Waals surface area contributed by atoms with Gasteiger partial charge in [-0.15, -0.1) is 0 Å². The van der Waals surface area contributed by atoms with Crippen molar-refractivity contribution in [3.8, 4) is 0 Å². The number of anilines is 1. The maximum absolute atomic E-state index is 13.2. The highest BCUT2D eigenvalue weighted by atomic mass is 16.2. The Morgan fingerprint density at radius 3 is 2.00 bits per heavy atom. The zero-order valence-electron chi connectivity index (χ0n) is 21.4. The lowest BCUT2D eigenvalue weighted by Crippen LogP contribution is -2.52. The Hall–Kier alpha value is -3.68. The average Bonchev–Trinajstić information content (AvgIpc) is 2.94. The Kier molecular flexibility index (Phi) is 12.2. The number of aryl methyl sites for hydroxylation is 1. The van der Waals surface area contributed by atoms with Crippen LogP contribution in [-0.4, -0.2) is 37.1 Å². The lowest BCUT2D eigenvalue weighted by atomic mass is 10.0. The standard InChI is InChI=1S/C30H39N5O2/c31-21-11-10-18-28(29(36)32-22-25-14-6-2-7-15-25)34-27(20-19-24-12-4-1-5-13-24)23-33-30(37)35-26-16-8-3-9-17-26/h1-9,12-17,27-28,34H,10-11,18-23,31H2,(H,32,36)(H2,33,35,37)/t27?,28-/m0/s1. The van der Waals surface area contributed by atoms with Gasteiger partial charge in [-0.1, -0.05) is 85.3 Å². The van der Waals surface area contributed by atoms with Crippen LogP contribution in [-0.2, 0) is 17.8 Å². The molecule has 196 valence electrons. The molecule has 0 aromatic heterocycles. The Morgan fingerprint density at radius 2 is 1.35 bits per heavy atom. The molecule has 37 heavy (non-hydrogen) atoms. The summed E-state index contributed by atoms with van der Waals surface area (Å²) in [7, 11) is 0. The van der Waals surface area contributed by atoms with E-state index in [0.29, 0.717) is 26.1 Å². The van der Waals surface area contributed by atoms with Crippen molar-refractivity contribution < 1.29 is 9.59 Å². The number of carbonyl (C=O) groups is 2. The molecule has 0 heterocycles. The first-order chi connectivity index (χ1) is 18.1. The largest absolute Gasteiger partial charge is 0.351 e. The average molecular weight is 502 g/mol. The van der Waals surface area contributed by atoms with E-state index in [2.05, 4.69) is 33.4 Å². The van der Waals surface area contributed by atoms with Gasteiger partial charge >= 0.3 is 6.03 Å². The summed E-state index contributed by atoms with van der Waals surface area (Å²) in [5.41, 5.74) is 8.71. The smallest absolute Gasteiger partial charge is 0.319 e. The number of rotatable bonds is 15. The minimum absolute atomic E-state index is 0.0423. The van der Waals surface area contributed by atoms with Crippen molar-refractivity contribution in [1.29, 1.82) is 0 Å². The van der Waals surface area contributed by atoms with Crippen molar-refractivity contribution in [2.45, 2.75) is 50.7 Å². The highest BCUT2D eigenvalue weighted by Crippen LogP contribution is 2.10. The SMILES string of the molecule is NCCCC[C@H](NC(CCc1ccccc1)CNC(=O)Nc1ccccc1)C(=O)NCc1ccccc1. The molecule has 7 heteroatoms. The van der Waals surface area contributed by atoms with Crippen LogP contribution in [0.2, 0.25) is 0 Å². The molecule has 0 aliphatic heterocycles. The molecule has 0 aliphatic carbocycles. The Labute approximate surface area is 220 Å². The highest BCUT2D eigenvalue weighted by Gasteiger charge is 2.22. The van der Waals surface area contributed by atoms with E-state index in [-0.39, 0.29) is 24.0 Å². The molecule has 2 atom stereocenters. The first-order valence-corrected chi connectivity index (χ1v) is 13.1. The second kappa shape index (κ2) is 16.1. The molecule has 0 fully saturated rings. The minimum atomic E-state index is -0.380. The number of urea groups is 1. The van der Waals surface area contributed by atoms with Gasteiger partial charge in [0.1, 0.15) is 0 Å². The number of hydrogen-bond acceptors (Lipinski definition) is 4. The summed E-state index contributed by atoms with van der Waals surface area (Å²) in [6, 6.07) is 28.7. The van der Waals surface area contributed by atoms with Gasteiger partial charge in [0.05, 0.1) is 6.04 Å². The fourth-order valence-corrected chi connectivity index (χ4v) is 4.12. The third-order valence-electron chi connectivity index (χ3n) is 6.17. The number of hydrogen-bond donors (Lipinski definition) is 5. The molecule has 0 saturated carbocycles. The van der Waals surface area contributed by atoms with E-state index in [1.165, 1.54) is 5.56 Å². The van der Waals surface area contributed by atoms with Gasteiger partial charge in [-0.3, -0.25) is 4.79 Å². The molecule has 7 nitrogen and oxygen atoms in total. The van der Waals surface area contributed by atoms with Crippen molar-refractivity contribution in [1.82, 2.24) is 16.0 Å². The molecular weight excluding hydrogens is 462 g/mol. The van der Waals surface area contributed by atoms with Crippen molar-refractivity contribution in [3.05, 3.63) is 102 Å². The van der Waals surface area contributed by atoms with Gasteiger partial charge in [0.15, 0.2) is 0 Å². The highest BCUT2D eigenvalue weighted by molar-refractivity contribution is 5.89. The van der Waals surface area contributed by atoms with Gasteiger partial charge in [-0.05, 0) is 55.5 Å². The van der Waals surface area contributed by atoms with Gasteiger partial charge < -0.3 is 27.0 Å². The maximum atomic E-state index is 13.2. The number of benzene rings is 3. The topological polar surface area (TPSA) is 108 Å². The number of para-hydroxylation sites is 1. The van der Waals surface area contributed by atoms with E-state index in [1.54, 1.807) is 0 Å². The van der Waals surface area contributed by atoms with E-state index in [4.69, 9.17) is 5.73 Å². The maximum Gasteiger partial charge on any atom is 0.319 e.